The van der Waals surface area contributed by atoms with Gasteiger partial charge in [0, 0.05) is 25.5 Å². The largest absolute Gasteiger partial charge is 0.469 e. The zero-order valence-corrected chi connectivity index (χ0v) is 37.8. The van der Waals surface area contributed by atoms with Crippen LogP contribution in [0.5, 0.6) is 0 Å². The number of nitrogens with one attached hydrogen (secondary N) is 1. The number of fused-ring (bicyclic) bond motifs is 1. The van der Waals surface area contributed by atoms with Gasteiger partial charge in [0.2, 0.25) is 5.91 Å². The first-order valence-electron chi connectivity index (χ1n) is 23.1. The van der Waals surface area contributed by atoms with E-state index in [0.717, 1.165) is 60.8 Å². The van der Waals surface area contributed by atoms with E-state index in [1.165, 1.54) is 14.0 Å². The molecule has 3 fully saturated rings. The van der Waals surface area contributed by atoms with Gasteiger partial charge in [-0.15, -0.1) is 0 Å². The molecule has 4 aromatic carbocycles. The van der Waals surface area contributed by atoms with Crippen molar-refractivity contribution in [1.29, 1.82) is 0 Å². The molecule has 7 rings (SSSR count). The van der Waals surface area contributed by atoms with Crippen molar-refractivity contribution in [2.75, 3.05) is 20.3 Å². The number of amides is 1. The van der Waals surface area contributed by atoms with Crippen LogP contribution in [0.2, 0.25) is 0 Å². The van der Waals surface area contributed by atoms with Crippen LogP contribution in [0.1, 0.15) is 87.3 Å². The molecule has 0 saturated carbocycles. The quantitative estimate of drug-likeness (QED) is 0.0569. The van der Waals surface area contributed by atoms with E-state index in [4.69, 9.17) is 47.4 Å². The van der Waals surface area contributed by atoms with Gasteiger partial charge in [0.1, 0.15) is 42.7 Å². The highest BCUT2D eigenvalue weighted by atomic mass is 16.8. The molecule has 65 heavy (non-hydrogen) atoms. The number of esters is 1. The average molecular weight is 896 g/mol. The van der Waals surface area contributed by atoms with E-state index in [0.29, 0.717) is 26.2 Å². The van der Waals surface area contributed by atoms with Gasteiger partial charge in [-0.3, -0.25) is 9.59 Å². The maximum atomic E-state index is 13.1. The van der Waals surface area contributed by atoms with Gasteiger partial charge < -0.3 is 52.7 Å². The molecular weight excluding hydrogens is 831 g/mol. The summed E-state index contributed by atoms with van der Waals surface area (Å²) in [4.78, 5) is 24.6. The van der Waals surface area contributed by atoms with Gasteiger partial charge in [-0.2, -0.15) is 0 Å². The van der Waals surface area contributed by atoms with E-state index >= 15 is 0 Å². The molecular formula is C52H65NO12. The minimum absolute atomic E-state index is 0.179. The summed E-state index contributed by atoms with van der Waals surface area (Å²) in [7, 11) is 1.42. The van der Waals surface area contributed by atoms with Gasteiger partial charge in [0.15, 0.2) is 18.9 Å². The summed E-state index contributed by atoms with van der Waals surface area (Å²) < 4.78 is 65.5. The van der Waals surface area contributed by atoms with Crippen LogP contribution in [-0.4, -0.2) is 93.5 Å². The highest BCUT2D eigenvalue weighted by Crippen LogP contribution is 2.39. The summed E-state index contributed by atoms with van der Waals surface area (Å²) in [6, 6.07) is 38.8. The van der Waals surface area contributed by atoms with Crippen molar-refractivity contribution in [3.05, 3.63) is 144 Å². The number of methoxy groups -OCH3 is 1. The second-order valence-corrected chi connectivity index (χ2v) is 16.9. The number of rotatable bonds is 23. The van der Waals surface area contributed by atoms with Gasteiger partial charge >= 0.3 is 5.97 Å². The first-order chi connectivity index (χ1) is 31.9. The molecule has 0 spiro atoms. The monoisotopic (exact) mass is 895 g/mol. The molecule has 3 aliphatic rings. The van der Waals surface area contributed by atoms with Crippen molar-refractivity contribution in [3.63, 3.8) is 0 Å². The summed E-state index contributed by atoms with van der Waals surface area (Å²) in [5.41, 5.74) is 3.80. The lowest BCUT2D eigenvalue weighted by atomic mass is 9.94. The molecule has 13 heteroatoms. The standard InChI is InChI=1S/C52H65NO12/c1-36-45(58-32-38-22-12-8-13-23-38)48(59-33-39-24-14-9-15-25-39)49(60-34-40-26-16-10-17-27-40)52(62-36)65-47-44(53-37(2)54)51(57-31-21-7-5-4-6-20-30-43(55)56-3)63-42-35-61-50(64-46(42)47)41-28-18-11-19-29-41/h8-19,22-29,36,42,44-52H,4-7,20-21,30-35H2,1-3H3,(H,53,54)/t36-,42+,44+,45+,46+,47+,48+,49-,50?,51-,52-/m0/s1. The van der Waals surface area contributed by atoms with Crippen molar-refractivity contribution >= 4 is 11.9 Å². The van der Waals surface area contributed by atoms with Crippen molar-refractivity contribution in [1.82, 2.24) is 5.32 Å². The minimum atomic E-state index is -1.02. The number of hydrogen-bond acceptors (Lipinski definition) is 12. The highest BCUT2D eigenvalue weighted by molar-refractivity contribution is 5.73. The molecule has 4 aromatic rings. The Morgan fingerprint density at radius 3 is 1.72 bits per heavy atom. The van der Waals surface area contributed by atoms with E-state index < -0.39 is 67.6 Å². The molecule has 0 aliphatic carbocycles. The van der Waals surface area contributed by atoms with E-state index in [-0.39, 0.29) is 25.1 Å². The van der Waals surface area contributed by atoms with Crippen molar-refractivity contribution in [3.8, 4) is 0 Å². The SMILES string of the molecule is COC(=O)CCCCCCCCO[C@H]1O[C@@H]2COC(c3ccccc3)O[C@H]2[C@H](O[C@@H]2O[C@@H](C)[C@@H](OCc3ccccc3)[C@@H](OCc3ccccc3)[C@@H]2OCc2ccccc2)[C@H]1NC(C)=O. The molecule has 0 radical (unpaired) electrons. The molecule has 3 aliphatic heterocycles. The molecule has 1 N–H and O–H groups in total. The predicted octanol–water partition coefficient (Wildman–Crippen LogP) is 8.14. The van der Waals surface area contributed by atoms with Crippen LogP contribution in [0.3, 0.4) is 0 Å². The smallest absolute Gasteiger partial charge is 0.305 e. The van der Waals surface area contributed by atoms with E-state index in [2.05, 4.69) is 5.32 Å². The van der Waals surface area contributed by atoms with Crippen LogP contribution in [0.15, 0.2) is 121 Å². The summed E-state index contributed by atoms with van der Waals surface area (Å²) in [6.07, 6.45) is -1.48. The molecule has 11 atom stereocenters. The Labute approximate surface area is 383 Å². The van der Waals surface area contributed by atoms with Gasteiger partial charge in [0.05, 0.1) is 39.6 Å². The van der Waals surface area contributed by atoms with Crippen LogP contribution in [-0.2, 0) is 76.8 Å². The summed E-state index contributed by atoms with van der Waals surface area (Å²) in [6.45, 7) is 4.86. The zero-order valence-electron chi connectivity index (χ0n) is 37.8. The Balaban J connectivity index is 1.16. The predicted molar refractivity (Wildman–Crippen MR) is 241 cm³/mol. The molecule has 1 unspecified atom stereocenters. The van der Waals surface area contributed by atoms with E-state index in [9.17, 15) is 9.59 Å². The highest BCUT2D eigenvalue weighted by Gasteiger charge is 2.55. The molecule has 13 nitrogen and oxygen atoms in total. The fourth-order valence-corrected chi connectivity index (χ4v) is 8.56. The van der Waals surface area contributed by atoms with Crippen molar-refractivity contribution in [2.24, 2.45) is 0 Å². The fourth-order valence-electron chi connectivity index (χ4n) is 8.56. The summed E-state index contributed by atoms with van der Waals surface area (Å²) >= 11 is 0. The van der Waals surface area contributed by atoms with Gasteiger partial charge in [-0.05, 0) is 36.5 Å². The molecule has 3 heterocycles. The van der Waals surface area contributed by atoms with Crippen molar-refractivity contribution in [2.45, 2.75) is 146 Å². The third-order valence-electron chi connectivity index (χ3n) is 11.9. The Morgan fingerprint density at radius 1 is 0.600 bits per heavy atom. The Hall–Kier alpha value is -4.54. The lowest BCUT2D eigenvalue weighted by Gasteiger charge is -2.52. The summed E-state index contributed by atoms with van der Waals surface area (Å²) in [5, 5.41) is 3.11. The van der Waals surface area contributed by atoms with Gasteiger partial charge in [0.25, 0.3) is 0 Å². The van der Waals surface area contributed by atoms with Crippen LogP contribution in [0.4, 0.5) is 0 Å². The van der Waals surface area contributed by atoms with Gasteiger partial charge in [-0.1, -0.05) is 147 Å². The molecule has 350 valence electrons. The summed E-state index contributed by atoms with van der Waals surface area (Å²) in [5.74, 6) is -0.465. The Morgan fingerprint density at radius 2 is 1.14 bits per heavy atom. The second kappa shape index (κ2) is 25.4. The van der Waals surface area contributed by atoms with Crippen molar-refractivity contribution < 1.29 is 57.0 Å². The van der Waals surface area contributed by atoms with Crippen LogP contribution >= 0.6 is 0 Å². The number of benzene rings is 4. The maximum Gasteiger partial charge on any atom is 0.305 e. The second-order valence-electron chi connectivity index (χ2n) is 16.9. The third kappa shape index (κ3) is 14.2. The third-order valence-corrected chi connectivity index (χ3v) is 11.9. The fraction of sp³-hybridized carbons (Fsp3) is 0.500. The average Bonchev–Trinajstić information content (AvgIpc) is 3.33. The Bertz CT molecular complexity index is 1980. The molecule has 3 saturated heterocycles. The lowest BCUT2D eigenvalue weighted by Crippen LogP contribution is -2.69. The number of unbranched alkanes of at least 4 members (excludes halogenated alkanes) is 5. The first kappa shape index (κ1) is 48.4. The number of carbonyl (C=O) groups excluding carboxylic acids is 2. The zero-order chi connectivity index (χ0) is 45.2. The first-order valence-corrected chi connectivity index (χ1v) is 23.1. The number of carbonyl (C=O) groups is 2. The number of ether oxygens (including phenoxy) is 10. The number of hydrogen-bond donors (Lipinski definition) is 1. The molecule has 0 bridgehead atoms. The normalized spacial score (nSPS) is 27.6. The minimum Gasteiger partial charge on any atom is -0.469 e. The molecule has 1 amide bonds. The van der Waals surface area contributed by atoms with E-state index in [1.807, 2.05) is 128 Å². The lowest BCUT2D eigenvalue weighted by molar-refractivity contribution is -0.382. The van der Waals surface area contributed by atoms with Crippen LogP contribution in [0.25, 0.3) is 0 Å². The van der Waals surface area contributed by atoms with Crippen LogP contribution in [0, 0.1) is 0 Å². The van der Waals surface area contributed by atoms with Gasteiger partial charge in [-0.25, -0.2) is 0 Å². The Kier molecular flexibility index (Phi) is 18.9. The van der Waals surface area contributed by atoms with E-state index in [1.54, 1.807) is 0 Å². The maximum absolute atomic E-state index is 13.1. The van der Waals surface area contributed by atoms with Crippen LogP contribution < -0.4 is 5.32 Å². The molecule has 0 aromatic heterocycles. The topological polar surface area (TPSA) is 138 Å².